The van der Waals surface area contributed by atoms with Crippen LogP contribution in [-0.4, -0.2) is 66.9 Å². The summed E-state index contributed by atoms with van der Waals surface area (Å²) in [5.74, 6) is 0.229. The fourth-order valence-electron chi connectivity index (χ4n) is 3.58. The summed E-state index contributed by atoms with van der Waals surface area (Å²) in [7, 11) is 0. The molecule has 8 heteroatoms. The number of hydrogen-bond acceptors (Lipinski definition) is 5. The van der Waals surface area contributed by atoms with Crippen molar-refractivity contribution in [1.82, 2.24) is 15.1 Å². The molecule has 1 fully saturated rings. The second-order valence-corrected chi connectivity index (χ2v) is 7.63. The van der Waals surface area contributed by atoms with E-state index in [4.69, 9.17) is 4.74 Å². The topological polar surface area (TPSA) is 91.0 Å². The van der Waals surface area contributed by atoms with Crippen molar-refractivity contribution in [3.8, 4) is 5.75 Å². The Morgan fingerprint density at radius 1 is 1.09 bits per heavy atom. The van der Waals surface area contributed by atoms with Gasteiger partial charge >= 0.3 is 0 Å². The summed E-state index contributed by atoms with van der Waals surface area (Å²) in [6, 6.07) is 14.2. The molecule has 32 heavy (non-hydrogen) atoms. The van der Waals surface area contributed by atoms with E-state index in [0.717, 1.165) is 24.4 Å². The highest BCUT2D eigenvalue weighted by Crippen LogP contribution is 2.18. The Morgan fingerprint density at radius 3 is 2.47 bits per heavy atom. The molecule has 0 aliphatic carbocycles. The van der Waals surface area contributed by atoms with Crippen LogP contribution in [0, 0.1) is 0 Å². The lowest BCUT2D eigenvalue weighted by molar-refractivity contribution is -0.132. The van der Waals surface area contributed by atoms with Crippen molar-refractivity contribution >= 4 is 23.4 Å². The lowest BCUT2D eigenvalue weighted by atomic mass is 10.1. The fraction of sp³-hybridized carbons (Fsp3) is 0.375. The summed E-state index contributed by atoms with van der Waals surface area (Å²) in [5.41, 5.74) is 1.95. The lowest BCUT2D eigenvalue weighted by Crippen LogP contribution is -2.50. The molecule has 0 unspecified atom stereocenters. The van der Waals surface area contributed by atoms with Gasteiger partial charge in [0.05, 0.1) is 6.61 Å². The Morgan fingerprint density at radius 2 is 1.81 bits per heavy atom. The number of hydrogen-bond donors (Lipinski definition) is 2. The molecule has 170 valence electrons. The quantitative estimate of drug-likeness (QED) is 0.659. The van der Waals surface area contributed by atoms with Crippen LogP contribution < -0.4 is 15.4 Å². The zero-order valence-corrected chi connectivity index (χ0v) is 18.6. The Kier molecular flexibility index (Phi) is 8.21. The van der Waals surface area contributed by atoms with Crippen LogP contribution in [0.2, 0.25) is 0 Å². The van der Waals surface area contributed by atoms with Crippen molar-refractivity contribution in [2.24, 2.45) is 0 Å². The summed E-state index contributed by atoms with van der Waals surface area (Å²) < 4.78 is 5.57. The van der Waals surface area contributed by atoms with E-state index in [1.165, 1.54) is 6.92 Å². The molecule has 2 aromatic carbocycles. The summed E-state index contributed by atoms with van der Waals surface area (Å²) in [6.45, 7) is 6.93. The van der Waals surface area contributed by atoms with Gasteiger partial charge in [0.2, 0.25) is 11.8 Å². The van der Waals surface area contributed by atoms with Crippen molar-refractivity contribution in [2.75, 3.05) is 44.6 Å². The van der Waals surface area contributed by atoms with Crippen LogP contribution in [-0.2, 0) is 16.1 Å². The molecular formula is C24H30N4O4. The molecule has 1 saturated heterocycles. The van der Waals surface area contributed by atoms with Crippen LogP contribution in [0.1, 0.15) is 29.8 Å². The molecule has 2 N–H and O–H groups in total. The smallest absolute Gasteiger partial charge is 0.254 e. The van der Waals surface area contributed by atoms with Crippen molar-refractivity contribution in [3.63, 3.8) is 0 Å². The van der Waals surface area contributed by atoms with Crippen LogP contribution in [0.3, 0.4) is 0 Å². The number of rotatable bonds is 8. The highest BCUT2D eigenvalue weighted by Gasteiger charge is 2.23. The van der Waals surface area contributed by atoms with E-state index < -0.39 is 0 Å². The van der Waals surface area contributed by atoms with Crippen molar-refractivity contribution in [1.29, 1.82) is 0 Å². The van der Waals surface area contributed by atoms with Gasteiger partial charge in [-0.1, -0.05) is 12.1 Å². The number of nitrogens with one attached hydrogen (secondary N) is 2. The number of carbonyl (C=O) groups is 3. The molecule has 3 amide bonds. The van der Waals surface area contributed by atoms with Crippen molar-refractivity contribution in [2.45, 2.75) is 20.4 Å². The highest BCUT2D eigenvalue weighted by molar-refractivity contribution is 5.97. The first-order valence-corrected chi connectivity index (χ1v) is 10.8. The number of amides is 3. The minimum absolute atomic E-state index is 0.00879. The van der Waals surface area contributed by atoms with E-state index in [2.05, 4.69) is 10.6 Å². The average molecular weight is 439 g/mol. The molecular weight excluding hydrogens is 408 g/mol. The molecule has 2 aromatic rings. The van der Waals surface area contributed by atoms with Gasteiger partial charge in [-0.25, -0.2) is 0 Å². The molecule has 0 radical (unpaired) electrons. The van der Waals surface area contributed by atoms with Crippen LogP contribution in [0.5, 0.6) is 5.75 Å². The number of carbonyl (C=O) groups excluding carboxylic acids is 3. The van der Waals surface area contributed by atoms with Crippen LogP contribution in [0.15, 0.2) is 48.5 Å². The van der Waals surface area contributed by atoms with E-state index in [-0.39, 0.29) is 30.8 Å². The number of ether oxygens (including phenoxy) is 1. The summed E-state index contributed by atoms with van der Waals surface area (Å²) in [5, 5.41) is 5.92. The Hall–Kier alpha value is -3.39. The van der Waals surface area contributed by atoms with Crippen LogP contribution in [0.4, 0.5) is 5.69 Å². The number of piperazine rings is 1. The van der Waals surface area contributed by atoms with E-state index in [0.29, 0.717) is 30.9 Å². The van der Waals surface area contributed by atoms with Gasteiger partial charge in [0.25, 0.3) is 5.91 Å². The maximum Gasteiger partial charge on any atom is 0.254 e. The average Bonchev–Trinajstić information content (AvgIpc) is 2.79. The highest BCUT2D eigenvalue weighted by atomic mass is 16.5. The van der Waals surface area contributed by atoms with Gasteiger partial charge in [0.15, 0.2) is 0 Å². The third-order valence-corrected chi connectivity index (χ3v) is 5.12. The van der Waals surface area contributed by atoms with Gasteiger partial charge in [-0.05, 0) is 48.9 Å². The van der Waals surface area contributed by atoms with Gasteiger partial charge in [-0.2, -0.15) is 0 Å². The molecule has 0 saturated carbocycles. The predicted molar refractivity (Wildman–Crippen MR) is 123 cm³/mol. The Balaban J connectivity index is 1.80. The largest absolute Gasteiger partial charge is 0.494 e. The van der Waals surface area contributed by atoms with Gasteiger partial charge < -0.3 is 25.2 Å². The monoisotopic (exact) mass is 438 g/mol. The number of anilines is 1. The second kappa shape index (κ2) is 11.3. The zero-order valence-electron chi connectivity index (χ0n) is 18.6. The van der Waals surface area contributed by atoms with Gasteiger partial charge in [0.1, 0.15) is 12.3 Å². The molecule has 1 heterocycles. The van der Waals surface area contributed by atoms with Gasteiger partial charge in [-0.15, -0.1) is 0 Å². The second-order valence-electron chi connectivity index (χ2n) is 7.63. The molecule has 1 aliphatic heterocycles. The first kappa shape index (κ1) is 23.3. The minimum atomic E-state index is -0.246. The molecule has 0 spiro atoms. The van der Waals surface area contributed by atoms with Gasteiger partial charge in [-0.3, -0.25) is 14.4 Å². The summed E-state index contributed by atoms with van der Waals surface area (Å²) in [4.78, 5) is 40.8. The predicted octanol–water partition coefficient (Wildman–Crippen LogP) is 2.12. The minimum Gasteiger partial charge on any atom is -0.494 e. The first-order valence-electron chi connectivity index (χ1n) is 10.8. The van der Waals surface area contributed by atoms with Crippen molar-refractivity contribution in [3.05, 3.63) is 59.7 Å². The number of benzene rings is 2. The standard InChI is InChI=1S/C24H30N4O4/c1-3-32-22-6-4-5-19(15-22)16-28(17-23(30)27-13-11-25-12-14-27)24(31)20-7-9-21(10-8-20)26-18(2)29/h4-10,15,25H,3,11-14,16-17H2,1-2H3,(H,26,29). The molecule has 1 aliphatic rings. The number of nitrogens with zero attached hydrogens (tertiary/aromatic N) is 2. The first-order chi connectivity index (χ1) is 15.5. The van der Waals surface area contributed by atoms with E-state index in [9.17, 15) is 14.4 Å². The summed E-state index contributed by atoms with van der Waals surface area (Å²) in [6.07, 6.45) is 0. The van der Waals surface area contributed by atoms with Crippen LogP contribution in [0.25, 0.3) is 0 Å². The maximum atomic E-state index is 13.3. The maximum absolute atomic E-state index is 13.3. The van der Waals surface area contributed by atoms with Gasteiger partial charge in [0, 0.05) is 50.9 Å². The molecule has 0 aromatic heterocycles. The van der Waals surface area contributed by atoms with Crippen LogP contribution >= 0.6 is 0 Å². The van der Waals surface area contributed by atoms with E-state index >= 15 is 0 Å². The fourth-order valence-corrected chi connectivity index (χ4v) is 3.58. The van der Waals surface area contributed by atoms with E-state index in [1.54, 1.807) is 34.1 Å². The molecule has 8 nitrogen and oxygen atoms in total. The third-order valence-electron chi connectivity index (χ3n) is 5.12. The zero-order chi connectivity index (χ0) is 22.9. The Bertz CT molecular complexity index is 939. The SMILES string of the molecule is CCOc1cccc(CN(CC(=O)N2CCNCC2)C(=O)c2ccc(NC(C)=O)cc2)c1. The summed E-state index contributed by atoms with van der Waals surface area (Å²) >= 11 is 0. The normalized spacial score (nSPS) is 13.4. The lowest BCUT2D eigenvalue weighted by Gasteiger charge is -2.30. The molecule has 0 atom stereocenters. The molecule has 3 rings (SSSR count). The molecule has 0 bridgehead atoms. The van der Waals surface area contributed by atoms with Crippen molar-refractivity contribution < 1.29 is 19.1 Å². The third kappa shape index (κ3) is 6.55. The van der Waals surface area contributed by atoms with E-state index in [1.807, 2.05) is 31.2 Å². The Labute approximate surface area is 188 Å².